The van der Waals surface area contributed by atoms with Crippen molar-refractivity contribution in [2.24, 2.45) is 11.7 Å². The molecule has 4 nitrogen and oxygen atoms in total. The molecule has 1 rings (SSSR count). The predicted molar refractivity (Wildman–Crippen MR) is 86.2 cm³/mol. The Hall–Kier alpha value is -0.980. The van der Waals surface area contributed by atoms with Crippen molar-refractivity contribution in [3.8, 4) is 0 Å². The maximum Gasteiger partial charge on any atom is 0.244 e. The van der Waals surface area contributed by atoms with Crippen LogP contribution < -0.4 is 5.73 Å². The molecule has 0 atom stereocenters. The first-order chi connectivity index (χ1) is 9.17. The van der Waals surface area contributed by atoms with Crippen molar-refractivity contribution in [1.82, 2.24) is 4.31 Å². The lowest BCUT2D eigenvalue weighted by molar-refractivity contribution is 0.319. The number of thiocarbonyl (C=S) groups is 1. The van der Waals surface area contributed by atoms with Gasteiger partial charge >= 0.3 is 0 Å². The smallest absolute Gasteiger partial charge is 0.244 e. The first kappa shape index (κ1) is 17.1. The molecule has 20 heavy (non-hydrogen) atoms. The van der Waals surface area contributed by atoms with Crippen molar-refractivity contribution in [2.75, 3.05) is 6.54 Å². The Bertz CT molecular complexity index is 581. The molecule has 0 heterocycles. The summed E-state index contributed by atoms with van der Waals surface area (Å²) in [4.78, 5) is 0.277. The van der Waals surface area contributed by atoms with Gasteiger partial charge in [-0.1, -0.05) is 44.3 Å². The second-order valence-corrected chi connectivity index (χ2v) is 7.72. The third kappa shape index (κ3) is 3.77. The van der Waals surface area contributed by atoms with Crippen LogP contribution in [0.2, 0.25) is 0 Å². The van der Waals surface area contributed by atoms with Crippen LogP contribution in [0, 0.1) is 5.92 Å². The topological polar surface area (TPSA) is 63.4 Å². The van der Waals surface area contributed by atoms with Gasteiger partial charge in [-0.2, -0.15) is 4.31 Å². The fourth-order valence-corrected chi connectivity index (χ4v) is 4.22. The Morgan fingerprint density at radius 3 is 2.25 bits per heavy atom. The van der Waals surface area contributed by atoms with Gasteiger partial charge < -0.3 is 5.73 Å². The summed E-state index contributed by atoms with van der Waals surface area (Å²) in [6, 6.07) is 6.49. The molecule has 0 fully saturated rings. The van der Waals surface area contributed by atoms with Gasteiger partial charge in [0.2, 0.25) is 10.0 Å². The maximum absolute atomic E-state index is 12.8. The van der Waals surface area contributed by atoms with Gasteiger partial charge in [-0.3, -0.25) is 0 Å². The van der Waals surface area contributed by atoms with Gasteiger partial charge in [-0.05, 0) is 25.8 Å². The van der Waals surface area contributed by atoms with Gasteiger partial charge in [0, 0.05) is 18.2 Å². The highest BCUT2D eigenvalue weighted by Crippen LogP contribution is 2.23. The molecule has 0 spiro atoms. The fraction of sp³-hybridized carbons (Fsp3) is 0.500. The van der Waals surface area contributed by atoms with E-state index in [1.807, 2.05) is 27.7 Å². The molecule has 0 amide bonds. The van der Waals surface area contributed by atoms with Crippen molar-refractivity contribution in [2.45, 2.75) is 38.6 Å². The molecule has 6 heteroatoms. The number of sulfonamides is 1. The number of hydrogen-bond donors (Lipinski definition) is 1. The minimum absolute atomic E-state index is 0.0948. The normalized spacial score (nSPS) is 12.3. The number of benzene rings is 1. The van der Waals surface area contributed by atoms with Crippen LogP contribution in [0.15, 0.2) is 29.2 Å². The molecule has 1 aromatic rings. The molecule has 0 unspecified atom stereocenters. The van der Waals surface area contributed by atoms with Crippen LogP contribution in [0.4, 0.5) is 0 Å². The molecule has 0 radical (unpaired) electrons. The van der Waals surface area contributed by atoms with Gasteiger partial charge in [0.25, 0.3) is 0 Å². The molecular formula is C14H22N2O2S2. The zero-order valence-corrected chi connectivity index (χ0v) is 14.0. The Labute approximate surface area is 127 Å². The summed E-state index contributed by atoms with van der Waals surface area (Å²) in [5.41, 5.74) is 6.04. The first-order valence-corrected chi connectivity index (χ1v) is 8.43. The predicted octanol–water partition coefficient (Wildman–Crippen LogP) is 2.38. The lowest BCUT2D eigenvalue weighted by Crippen LogP contribution is -2.40. The van der Waals surface area contributed by atoms with Crippen LogP contribution in [0.3, 0.4) is 0 Å². The molecule has 0 aromatic heterocycles. The molecule has 0 saturated carbocycles. The van der Waals surface area contributed by atoms with Crippen LogP contribution in [0.5, 0.6) is 0 Å². The molecule has 0 saturated heterocycles. The third-order valence-corrected chi connectivity index (χ3v) is 5.18. The van der Waals surface area contributed by atoms with Crippen LogP contribution in [0.25, 0.3) is 0 Å². The number of hydrogen-bond acceptors (Lipinski definition) is 3. The summed E-state index contributed by atoms with van der Waals surface area (Å²) in [6.07, 6.45) is 0. The minimum atomic E-state index is -3.61. The largest absolute Gasteiger partial charge is 0.389 e. The van der Waals surface area contributed by atoms with Crippen molar-refractivity contribution < 1.29 is 8.42 Å². The molecule has 0 bridgehead atoms. The van der Waals surface area contributed by atoms with E-state index in [4.69, 9.17) is 18.0 Å². The van der Waals surface area contributed by atoms with E-state index in [9.17, 15) is 8.42 Å². The highest BCUT2D eigenvalue weighted by atomic mass is 32.2. The molecular weight excluding hydrogens is 292 g/mol. The zero-order chi connectivity index (χ0) is 15.5. The van der Waals surface area contributed by atoms with Gasteiger partial charge in [-0.15, -0.1) is 0 Å². The third-order valence-electron chi connectivity index (χ3n) is 2.86. The van der Waals surface area contributed by atoms with Gasteiger partial charge in [0.05, 0.1) is 4.90 Å². The van der Waals surface area contributed by atoms with E-state index in [0.29, 0.717) is 12.1 Å². The Kier molecular flexibility index (Phi) is 5.68. The maximum atomic E-state index is 12.8. The van der Waals surface area contributed by atoms with Gasteiger partial charge in [0.15, 0.2) is 0 Å². The molecule has 112 valence electrons. The fourth-order valence-electron chi connectivity index (χ4n) is 1.97. The van der Waals surface area contributed by atoms with Crippen molar-refractivity contribution in [3.63, 3.8) is 0 Å². The second kappa shape index (κ2) is 6.65. The SMILES string of the molecule is CC(C)CN(C(C)C)S(=O)(=O)c1ccccc1C(N)=S. The Balaban J connectivity index is 3.37. The molecule has 0 aliphatic rings. The van der Waals surface area contributed by atoms with Gasteiger partial charge in [0.1, 0.15) is 4.99 Å². The summed E-state index contributed by atoms with van der Waals surface area (Å²) in [7, 11) is -3.61. The lowest BCUT2D eigenvalue weighted by Gasteiger charge is -2.28. The van der Waals surface area contributed by atoms with Crippen LogP contribution in [-0.4, -0.2) is 30.3 Å². The first-order valence-electron chi connectivity index (χ1n) is 6.58. The molecule has 0 aliphatic heterocycles. The van der Waals surface area contributed by atoms with Gasteiger partial charge in [-0.25, -0.2) is 8.42 Å². The molecule has 1 aromatic carbocycles. The Morgan fingerprint density at radius 2 is 1.80 bits per heavy atom. The van der Waals surface area contributed by atoms with E-state index in [1.165, 1.54) is 4.31 Å². The van der Waals surface area contributed by atoms with E-state index < -0.39 is 10.0 Å². The summed E-state index contributed by atoms with van der Waals surface area (Å²) in [5, 5.41) is 0. The monoisotopic (exact) mass is 314 g/mol. The van der Waals surface area contributed by atoms with Crippen LogP contribution in [-0.2, 0) is 10.0 Å². The van der Waals surface area contributed by atoms with Crippen molar-refractivity contribution in [3.05, 3.63) is 29.8 Å². The van der Waals surface area contributed by atoms with Crippen LogP contribution in [0.1, 0.15) is 33.3 Å². The molecule has 2 N–H and O–H groups in total. The van der Waals surface area contributed by atoms with E-state index in [2.05, 4.69) is 0 Å². The summed E-state index contributed by atoms with van der Waals surface area (Å²) in [5.74, 6) is 0.240. The number of nitrogens with two attached hydrogens (primary N) is 1. The lowest BCUT2D eigenvalue weighted by atomic mass is 10.2. The average molecular weight is 314 g/mol. The minimum Gasteiger partial charge on any atom is -0.389 e. The second-order valence-electron chi connectivity index (χ2n) is 5.42. The van der Waals surface area contributed by atoms with Crippen LogP contribution >= 0.6 is 12.2 Å². The van der Waals surface area contributed by atoms with E-state index in [0.717, 1.165) is 0 Å². The standard InChI is InChI=1S/C14H22N2O2S2/c1-10(2)9-16(11(3)4)20(17,18)13-8-6-5-7-12(13)14(15)19/h5-8,10-11H,9H2,1-4H3,(H2,15,19). The van der Waals surface area contributed by atoms with Crippen molar-refractivity contribution >= 4 is 27.2 Å². The highest BCUT2D eigenvalue weighted by molar-refractivity contribution is 7.89. The number of rotatable bonds is 6. The quantitative estimate of drug-likeness (QED) is 0.819. The molecule has 0 aliphatic carbocycles. The summed E-state index contributed by atoms with van der Waals surface area (Å²) < 4.78 is 27.2. The Morgan fingerprint density at radius 1 is 1.25 bits per heavy atom. The summed E-state index contributed by atoms with van der Waals surface area (Å²) in [6.45, 7) is 8.17. The van der Waals surface area contributed by atoms with E-state index in [1.54, 1.807) is 24.3 Å². The summed E-state index contributed by atoms with van der Waals surface area (Å²) >= 11 is 4.95. The average Bonchev–Trinajstić information content (AvgIpc) is 2.35. The number of nitrogens with zero attached hydrogens (tertiary/aromatic N) is 1. The van der Waals surface area contributed by atoms with E-state index in [-0.39, 0.29) is 21.8 Å². The zero-order valence-electron chi connectivity index (χ0n) is 12.3. The van der Waals surface area contributed by atoms with E-state index >= 15 is 0 Å². The highest BCUT2D eigenvalue weighted by Gasteiger charge is 2.29. The van der Waals surface area contributed by atoms with Crippen molar-refractivity contribution in [1.29, 1.82) is 0 Å².